The van der Waals surface area contributed by atoms with Gasteiger partial charge in [0.15, 0.2) is 0 Å². The molecule has 0 aromatic heterocycles. The van der Waals surface area contributed by atoms with Crippen molar-refractivity contribution in [3.05, 3.63) is 71.3 Å². The van der Waals surface area contributed by atoms with Gasteiger partial charge in [-0.15, -0.1) is 0 Å². The van der Waals surface area contributed by atoms with E-state index in [1.165, 1.54) is 19.2 Å². The zero-order valence-corrected chi connectivity index (χ0v) is 22.2. The summed E-state index contributed by atoms with van der Waals surface area (Å²) < 4.78 is 48.2. The molecule has 0 radical (unpaired) electrons. The Kier molecular flexibility index (Phi) is 11.1. The van der Waals surface area contributed by atoms with Crippen molar-refractivity contribution in [2.45, 2.75) is 51.1 Å². The van der Waals surface area contributed by atoms with Gasteiger partial charge in [0.1, 0.15) is 17.7 Å². The molecule has 0 bridgehead atoms. The summed E-state index contributed by atoms with van der Waals surface area (Å²) in [4.78, 5) is 37.8. The molecular formula is C27H29F3N2O5S. The van der Waals surface area contributed by atoms with Crippen LogP contribution < -0.4 is 10.6 Å². The maximum Gasteiger partial charge on any atom is 0.416 e. The second kappa shape index (κ2) is 13.8. The van der Waals surface area contributed by atoms with E-state index >= 15 is 0 Å². The summed E-state index contributed by atoms with van der Waals surface area (Å²) in [6.07, 6.45) is -5.09. The summed E-state index contributed by atoms with van der Waals surface area (Å²) in [5, 5.41) is 7.84. The van der Waals surface area contributed by atoms with Gasteiger partial charge in [-0.3, -0.25) is 4.79 Å². The third-order valence-corrected chi connectivity index (χ3v) is 5.57. The number of hydrogen-bond donors (Lipinski definition) is 2. The molecule has 0 saturated heterocycles. The van der Waals surface area contributed by atoms with Crippen molar-refractivity contribution >= 4 is 29.7 Å². The molecule has 0 spiro atoms. The predicted octanol–water partition coefficient (Wildman–Crippen LogP) is 4.54. The fourth-order valence-corrected chi connectivity index (χ4v) is 3.71. The summed E-state index contributed by atoms with van der Waals surface area (Å²) in [5.74, 6) is 1.34. The quantitative estimate of drug-likeness (QED) is 0.370. The molecule has 2 N–H and O–H groups in total. The number of halogens is 3. The van der Waals surface area contributed by atoms with Gasteiger partial charge in [-0.05, 0) is 55.9 Å². The van der Waals surface area contributed by atoms with Crippen molar-refractivity contribution in [2.75, 3.05) is 12.9 Å². The molecule has 2 atom stereocenters. The summed E-state index contributed by atoms with van der Waals surface area (Å²) in [6.45, 7) is 5.07. The van der Waals surface area contributed by atoms with E-state index in [0.29, 0.717) is 5.56 Å². The predicted molar refractivity (Wildman–Crippen MR) is 138 cm³/mol. The first-order chi connectivity index (χ1) is 17.8. The maximum absolute atomic E-state index is 13.1. The van der Waals surface area contributed by atoms with Gasteiger partial charge in [0.05, 0.1) is 12.7 Å². The molecular weight excluding hydrogens is 521 g/mol. The van der Waals surface area contributed by atoms with Gasteiger partial charge >= 0.3 is 18.2 Å². The lowest BCUT2D eigenvalue weighted by Gasteiger charge is -2.24. The Morgan fingerprint density at radius 2 is 1.58 bits per heavy atom. The highest BCUT2D eigenvalue weighted by atomic mass is 32.2. The number of amides is 2. The van der Waals surface area contributed by atoms with E-state index in [1.54, 1.807) is 45.0 Å². The van der Waals surface area contributed by atoms with Crippen molar-refractivity contribution in [3.63, 3.8) is 0 Å². The highest BCUT2D eigenvalue weighted by Gasteiger charge is 2.30. The summed E-state index contributed by atoms with van der Waals surface area (Å²) >= 11 is 0.978. The van der Waals surface area contributed by atoms with E-state index in [0.717, 1.165) is 29.5 Å². The third-order valence-electron chi connectivity index (χ3n) is 4.82. The Morgan fingerprint density at radius 1 is 0.947 bits per heavy atom. The number of esters is 1. The number of nitrogens with one attached hydrogen (secondary N) is 2. The van der Waals surface area contributed by atoms with Crippen LogP contribution in [0.15, 0.2) is 54.6 Å². The fourth-order valence-electron chi connectivity index (χ4n) is 3.05. The normalized spacial score (nSPS) is 12.8. The highest BCUT2D eigenvalue weighted by molar-refractivity contribution is 8.03. The van der Waals surface area contributed by atoms with Crippen LogP contribution in [0.5, 0.6) is 0 Å². The van der Waals surface area contributed by atoms with Crippen LogP contribution in [-0.2, 0) is 31.7 Å². The molecule has 0 unspecified atom stereocenters. The number of benzene rings is 2. The molecule has 0 aliphatic carbocycles. The van der Waals surface area contributed by atoms with Crippen LogP contribution in [0.3, 0.4) is 0 Å². The minimum Gasteiger partial charge on any atom is -0.467 e. The molecule has 0 aliphatic rings. The van der Waals surface area contributed by atoms with E-state index in [1.807, 2.05) is 6.07 Å². The van der Waals surface area contributed by atoms with E-state index < -0.39 is 47.4 Å². The second-order valence-corrected chi connectivity index (χ2v) is 9.91. The number of alkyl halides is 3. The number of ether oxygens (including phenoxy) is 2. The number of methoxy groups -OCH3 is 1. The van der Waals surface area contributed by atoms with Crippen molar-refractivity contribution in [3.8, 4) is 11.2 Å². The highest BCUT2D eigenvalue weighted by Crippen LogP contribution is 2.29. The molecule has 38 heavy (non-hydrogen) atoms. The number of thioether (sulfide) groups is 1. The van der Waals surface area contributed by atoms with Crippen molar-refractivity contribution in [1.82, 2.24) is 10.6 Å². The Bertz CT molecular complexity index is 1150. The Hall–Kier alpha value is -3.65. The minimum absolute atomic E-state index is 0.00343. The lowest BCUT2D eigenvalue weighted by Crippen LogP contribution is -2.54. The van der Waals surface area contributed by atoms with Crippen molar-refractivity contribution < 1.29 is 37.0 Å². The van der Waals surface area contributed by atoms with Gasteiger partial charge < -0.3 is 20.1 Å². The van der Waals surface area contributed by atoms with E-state index in [4.69, 9.17) is 9.47 Å². The van der Waals surface area contributed by atoms with Gasteiger partial charge in [0.2, 0.25) is 5.91 Å². The van der Waals surface area contributed by atoms with Crippen LogP contribution >= 0.6 is 11.8 Å². The Labute approximate surface area is 223 Å². The molecule has 7 nitrogen and oxygen atoms in total. The molecule has 0 saturated carbocycles. The SMILES string of the molecule is COC(=O)[C@H](CSC#Cc1ccc(C(F)(F)F)cc1)NC(=O)[C@H](Cc1ccccc1)NC(=O)OC(C)(C)C. The minimum atomic E-state index is -4.44. The molecule has 0 fully saturated rings. The zero-order chi connectivity index (χ0) is 28.3. The van der Waals surface area contributed by atoms with Gasteiger partial charge in [0, 0.05) is 17.7 Å². The van der Waals surface area contributed by atoms with Crippen LogP contribution in [0.1, 0.15) is 37.5 Å². The molecule has 0 heterocycles. The number of rotatable bonds is 8. The van der Waals surface area contributed by atoms with Gasteiger partial charge in [0.25, 0.3) is 0 Å². The van der Waals surface area contributed by atoms with E-state index in [-0.39, 0.29) is 12.2 Å². The molecule has 2 rings (SSSR count). The molecule has 0 aliphatic heterocycles. The average Bonchev–Trinajstić information content (AvgIpc) is 2.84. The summed E-state index contributed by atoms with van der Waals surface area (Å²) in [5.41, 5.74) is -0.438. The molecule has 2 amide bonds. The van der Waals surface area contributed by atoms with E-state index in [9.17, 15) is 27.6 Å². The fraction of sp³-hybridized carbons (Fsp3) is 0.370. The Morgan fingerprint density at radius 3 is 2.13 bits per heavy atom. The first kappa shape index (κ1) is 30.6. The third kappa shape index (κ3) is 10.8. The zero-order valence-electron chi connectivity index (χ0n) is 21.3. The molecule has 2 aromatic carbocycles. The van der Waals surface area contributed by atoms with Crippen LogP contribution in [0.4, 0.5) is 18.0 Å². The van der Waals surface area contributed by atoms with Gasteiger partial charge in [-0.1, -0.05) is 48.0 Å². The topological polar surface area (TPSA) is 93.7 Å². The maximum atomic E-state index is 13.1. The van der Waals surface area contributed by atoms with Crippen molar-refractivity contribution in [2.24, 2.45) is 0 Å². The van der Waals surface area contributed by atoms with Crippen LogP contribution in [0, 0.1) is 11.2 Å². The molecule has 2 aromatic rings. The smallest absolute Gasteiger partial charge is 0.416 e. The van der Waals surface area contributed by atoms with E-state index in [2.05, 4.69) is 21.8 Å². The number of hydrogen-bond acceptors (Lipinski definition) is 6. The molecule has 204 valence electrons. The van der Waals surface area contributed by atoms with Gasteiger partial charge in [-0.25, -0.2) is 9.59 Å². The van der Waals surface area contributed by atoms with Crippen LogP contribution in [0.25, 0.3) is 0 Å². The monoisotopic (exact) mass is 550 g/mol. The lowest BCUT2D eigenvalue weighted by molar-refractivity contribution is -0.144. The average molecular weight is 551 g/mol. The largest absolute Gasteiger partial charge is 0.467 e. The number of carbonyl (C=O) groups is 3. The van der Waals surface area contributed by atoms with Crippen LogP contribution in [0.2, 0.25) is 0 Å². The standard InChI is InChI=1S/C27H29F3N2O5S/c1-26(2,3)37-25(35)32-21(16-19-8-6-5-7-9-19)23(33)31-22(24(34)36-4)17-38-15-14-18-10-12-20(13-11-18)27(28,29)30/h5-13,21-22H,16-17H2,1-4H3,(H,31,33)(H,32,35)/t21-,22-/m0/s1. The van der Waals surface area contributed by atoms with Crippen LogP contribution in [-0.4, -0.2) is 48.5 Å². The summed E-state index contributed by atoms with van der Waals surface area (Å²) in [7, 11) is 1.17. The number of carbonyl (C=O) groups excluding carboxylic acids is 3. The van der Waals surface area contributed by atoms with Crippen molar-refractivity contribution in [1.29, 1.82) is 0 Å². The lowest BCUT2D eigenvalue weighted by atomic mass is 10.1. The Balaban J connectivity index is 2.09. The van der Waals surface area contributed by atoms with Gasteiger partial charge in [-0.2, -0.15) is 13.2 Å². The second-order valence-electron chi connectivity index (χ2n) is 9.09. The molecule has 11 heteroatoms. The number of alkyl carbamates (subject to hydrolysis) is 1. The first-order valence-electron chi connectivity index (χ1n) is 11.5. The first-order valence-corrected chi connectivity index (χ1v) is 12.5. The summed E-state index contributed by atoms with van der Waals surface area (Å²) in [6, 6.07) is 11.2.